The van der Waals surface area contributed by atoms with E-state index in [0.29, 0.717) is 0 Å². The van der Waals surface area contributed by atoms with E-state index in [1.165, 1.54) is 5.56 Å². The number of benzene rings is 1. The molecule has 2 atom stereocenters. The van der Waals surface area contributed by atoms with Crippen LogP contribution in [0.1, 0.15) is 51.6 Å². The first kappa shape index (κ1) is 23.5. The van der Waals surface area contributed by atoms with Crippen molar-refractivity contribution in [2.75, 3.05) is 39.9 Å². The van der Waals surface area contributed by atoms with E-state index < -0.39 is 0 Å². The summed E-state index contributed by atoms with van der Waals surface area (Å²) in [6, 6.07) is 11.0. The van der Waals surface area contributed by atoms with Gasteiger partial charge in [0.15, 0.2) is 5.96 Å². The van der Waals surface area contributed by atoms with Gasteiger partial charge >= 0.3 is 0 Å². The molecule has 3 rings (SSSR count). The number of carbonyl (C=O) groups is 1. The zero-order valence-corrected chi connectivity index (χ0v) is 19.5. The average molecular weight is 430 g/mol. The lowest BCUT2D eigenvalue weighted by atomic mass is 9.88. The Morgan fingerprint density at radius 3 is 2.58 bits per heavy atom. The highest BCUT2D eigenvalue weighted by Crippen LogP contribution is 2.25. The molecule has 172 valence electrons. The van der Waals surface area contributed by atoms with Crippen LogP contribution < -0.4 is 16.0 Å². The molecule has 2 aliphatic rings. The van der Waals surface area contributed by atoms with Crippen LogP contribution in [-0.4, -0.2) is 68.2 Å². The predicted molar refractivity (Wildman–Crippen MR) is 125 cm³/mol. The highest BCUT2D eigenvalue weighted by molar-refractivity contribution is 5.81. The molecule has 0 saturated carbocycles. The molecule has 0 aliphatic carbocycles. The van der Waals surface area contributed by atoms with Gasteiger partial charge in [-0.2, -0.15) is 0 Å². The summed E-state index contributed by atoms with van der Waals surface area (Å²) in [5.74, 6) is 1.07. The molecular weight excluding hydrogens is 390 g/mol. The third kappa shape index (κ3) is 6.43. The largest absolute Gasteiger partial charge is 0.381 e. The van der Waals surface area contributed by atoms with Crippen LogP contribution in [0.2, 0.25) is 0 Å². The lowest BCUT2D eigenvalue weighted by Gasteiger charge is -2.41. The second-order valence-corrected chi connectivity index (χ2v) is 9.16. The molecule has 2 heterocycles. The molecule has 0 spiro atoms. The number of hydrogen-bond donors (Lipinski definition) is 3. The van der Waals surface area contributed by atoms with Gasteiger partial charge in [-0.1, -0.05) is 44.2 Å². The Morgan fingerprint density at radius 2 is 1.94 bits per heavy atom. The minimum absolute atomic E-state index is 0.0437. The van der Waals surface area contributed by atoms with Crippen molar-refractivity contribution in [3.8, 4) is 0 Å². The van der Waals surface area contributed by atoms with Crippen LogP contribution in [0.3, 0.4) is 0 Å². The molecule has 0 bridgehead atoms. The summed E-state index contributed by atoms with van der Waals surface area (Å²) in [4.78, 5) is 18.7. The van der Waals surface area contributed by atoms with Crippen molar-refractivity contribution in [3.05, 3.63) is 35.9 Å². The molecular formula is C24H39N5O2. The summed E-state index contributed by atoms with van der Waals surface area (Å²) in [5, 5.41) is 10.9. The standard InChI is InChI=1S/C24H39N5O2/c1-18(2)22(30)29-13-10-21(16-29)27-23(25-4)26-17-24(11-14-31-15-12-24)28-19(3)20-8-6-5-7-9-20/h5-9,18-19,21,28H,10-17H2,1-4H3,(H2,25,26,27). The van der Waals surface area contributed by atoms with Crippen LogP contribution in [0, 0.1) is 5.92 Å². The number of likely N-dealkylation sites (tertiary alicyclic amines) is 1. The number of rotatable bonds is 7. The van der Waals surface area contributed by atoms with E-state index in [9.17, 15) is 4.79 Å². The van der Waals surface area contributed by atoms with Crippen LogP contribution in [0.15, 0.2) is 35.3 Å². The Labute approximate surface area is 187 Å². The maximum Gasteiger partial charge on any atom is 0.225 e. The van der Waals surface area contributed by atoms with Gasteiger partial charge in [-0.15, -0.1) is 0 Å². The Balaban J connectivity index is 1.57. The van der Waals surface area contributed by atoms with E-state index in [4.69, 9.17) is 4.74 Å². The number of carbonyl (C=O) groups excluding carboxylic acids is 1. The van der Waals surface area contributed by atoms with Crippen molar-refractivity contribution in [2.45, 2.75) is 57.7 Å². The van der Waals surface area contributed by atoms with Crippen molar-refractivity contribution in [3.63, 3.8) is 0 Å². The minimum atomic E-state index is -0.0551. The molecule has 1 aromatic carbocycles. The molecule has 7 heteroatoms. The van der Waals surface area contributed by atoms with Crippen LogP contribution in [0.25, 0.3) is 0 Å². The minimum Gasteiger partial charge on any atom is -0.381 e. The highest BCUT2D eigenvalue weighted by atomic mass is 16.5. The first-order chi connectivity index (χ1) is 14.9. The van der Waals surface area contributed by atoms with E-state index in [1.54, 1.807) is 7.05 Å². The summed E-state index contributed by atoms with van der Waals surface area (Å²) in [7, 11) is 1.80. The average Bonchev–Trinajstić information content (AvgIpc) is 3.25. The van der Waals surface area contributed by atoms with Crippen LogP contribution in [0.5, 0.6) is 0 Å². The molecule has 7 nitrogen and oxygen atoms in total. The SMILES string of the molecule is CN=C(NCC1(NC(C)c2ccccc2)CCOCC1)NC1CCN(C(=O)C(C)C)C1. The summed E-state index contributed by atoms with van der Waals surface area (Å²) >= 11 is 0. The third-order valence-electron chi connectivity index (χ3n) is 6.42. The fourth-order valence-electron chi connectivity index (χ4n) is 4.50. The topological polar surface area (TPSA) is 78.0 Å². The number of ether oxygens (including phenoxy) is 1. The van der Waals surface area contributed by atoms with E-state index >= 15 is 0 Å². The Morgan fingerprint density at radius 1 is 1.23 bits per heavy atom. The first-order valence-corrected chi connectivity index (χ1v) is 11.6. The van der Waals surface area contributed by atoms with E-state index in [0.717, 1.165) is 58.1 Å². The van der Waals surface area contributed by atoms with Gasteiger partial charge in [0, 0.05) is 63.4 Å². The molecule has 1 aromatic rings. The van der Waals surface area contributed by atoms with Crippen molar-refractivity contribution in [2.24, 2.45) is 10.9 Å². The monoisotopic (exact) mass is 429 g/mol. The fraction of sp³-hybridized carbons (Fsp3) is 0.667. The summed E-state index contributed by atoms with van der Waals surface area (Å²) < 4.78 is 5.66. The lowest BCUT2D eigenvalue weighted by Crippen LogP contribution is -2.59. The molecule has 2 unspecified atom stereocenters. The number of guanidine groups is 1. The fourth-order valence-corrected chi connectivity index (χ4v) is 4.50. The zero-order chi connectivity index (χ0) is 22.3. The van der Waals surface area contributed by atoms with Crippen molar-refractivity contribution in [1.29, 1.82) is 0 Å². The van der Waals surface area contributed by atoms with Gasteiger partial charge in [-0.3, -0.25) is 9.79 Å². The first-order valence-electron chi connectivity index (χ1n) is 11.6. The van der Waals surface area contributed by atoms with Gasteiger partial charge in [0.2, 0.25) is 5.91 Å². The molecule has 2 aliphatic heterocycles. The number of aliphatic imine (C=N–C) groups is 1. The van der Waals surface area contributed by atoms with Crippen molar-refractivity contribution < 1.29 is 9.53 Å². The Bertz CT molecular complexity index is 731. The molecule has 0 aromatic heterocycles. The van der Waals surface area contributed by atoms with Gasteiger partial charge in [0.05, 0.1) is 0 Å². The second-order valence-electron chi connectivity index (χ2n) is 9.16. The van der Waals surface area contributed by atoms with Gasteiger partial charge in [-0.05, 0) is 31.7 Å². The quantitative estimate of drug-likeness (QED) is 0.458. The second kappa shape index (κ2) is 11.0. The predicted octanol–water partition coefficient (Wildman–Crippen LogP) is 2.31. The lowest BCUT2D eigenvalue weighted by molar-refractivity contribution is -0.133. The molecule has 2 fully saturated rings. The normalized spacial score (nSPS) is 22.4. The smallest absolute Gasteiger partial charge is 0.225 e. The summed E-state index contributed by atoms with van der Waals surface area (Å²) in [5.41, 5.74) is 1.23. The molecule has 2 saturated heterocycles. The molecule has 3 N–H and O–H groups in total. The van der Waals surface area contributed by atoms with E-state index in [2.05, 4.69) is 58.2 Å². The number of nitrogens with zero attached hydrogens (tertiary/aromatic N) is 2. The third-order valence-corrected chi connectivity index (χ3v) is 6.42. The molecule has 31 heavy (non-hydrogen) atoms. The van der Waals surface area contributed by atoms with Crippen LogP contribution in [-0.2, 0) is 9.53 Å². The Hall–Kier alpha value is -2.12. The number of nitrogens with one attached hydrogen (secondary N) is 3. The summed E-state index contributed by atoms with van der Waals surface area (Å²) in [6.45, 7) is 9.98. The van der Waals surface area contributed by atoms with Gasteiger partial charge in [-0.25, -0.2) is 0 Å². The van der Waals surface area contributed by atoms with Crippen molar-refractivity contribution in [1.82, 2.24) is 20.9 Å². The van der Waals surface area contributed by atoms with E-state index in [-0.39, 0.29) is 29.4 Å². The number of amides is 1. The Kier molecular flexibility index (Phi) is 8.32. The number of hydrogen-bond acceptors (Lipinski definition) is 4. The van der Waals surface area contributed by atoms with Crippen LogP contribution >= 0.6 is 0 Å². The maximum absolute atomic E-state index is 12.3. The van der Waals surface area contributed by atoms with Gasteiger partial charge < -0.3 is 25.6 Å². The van der Waals surface area contributed by atoms with E-state index in [1.807, 2.05) is 18.7 Å². The van der Waals surface area contributed by atoms with Crippen molar-refractivity contribution >= 4 is 11.9 Å². The highest BCUT2D eigenvalue weighted by Gasteiger charge is 2.34. The van der Waals surface area contributed by atoms with Gasteiger partial charge in [0.25, 0.3) is 0 Å². The maximum atomic E-state index is 12.3. The van der Waals surface area contributed by atoms with Crippen LogP contribution in [0.4, 0.5) is 0 Å². The molecule has 1 amide bonds. The van der Waals surface area contributed by atoms with Gasteiger partial charge in [0.1, 0.15) is 0 Å². The zero-order valence-electron chi connectivity index (χ0n) is 19.5. The summed E-state index contributed by atoms with van der Waals surface area (Å²) in [6.07, 6.45) is 2.85. The molecule has 0 radical (unpaired) electrons.